The number of amides is 1. The van der Waals surface area contributed by atoms with E-state index in [-0.39, 0.29) is 36.6 Å². The number of piperidine rings is 1. The minimum Gasteiger partial charge on any atom is -0.454 e. The zero-order chi connectivity index (χ0) is 24.2. The maximum Gasteiger partial charge on any atom is 0.244 e. The molecule has 184 valence electrons. The van der Waals surface area contributed by atoms with Gasteiger partial charge >= 0.3 is 0 Å². The Morgan fingerprint density at radius 2 is 1.89 bits per heavy atom. The average molecular weight is 517 g/mol. The predicted octanol–water partition coefficient (Wildman–Crippen LogP) is 3.75. The number of hydrogen-bond acceptors (Lipinski definition) is 9. The Morgan fingerprint density at radius 1 is 1.11 bits per heavy atom. The summed E-state index contributed by atoms with van der Waals surface area (Å²) in [5.74, 6) is 2.24. The maximum absolute atomic E-state index is 13.4. The summed E-state index contributed by atoms with van der Waals surface area (Å²) in [6.45, 7) is 2.51. The predicted molar refractivity (Wildman–Crippen MR) is 127 cm³/mol. The molecule has 1 saturated carbocycles. The summed E-state index contributed by atoms with van der Waals surface area (Å²) < 4.78 is 44.2. The van der Waals surface area contributed by atoms with Gasteiger partial charge in [0.2, 0.25) is 34.4 Å². The molecule has 3 aromatic rings. The number of anilines is 1. The molecule has 1 aliphatic carbocycles. The summed E-state index contributed by atoms with van der Waals surface area (Å²) in [4.78, 5) is 18.8. The first kappa shape index (κ1) is 22.5. The van der Waals surface area contributed by atoms with E-state index in [1.54, 1.807) is 31.2 Å². The second-order valence-electron chi connectivity index (χ2n) is 9.00. The summed E-state index contributed by atoms with van der Waals surface area (Å²) in [5, 5.41) is 6.94. The molecule has 0 atom stereocenters. The largest absolute Gasteiger partial charge is 0.454 e. The van der Waals surface area contributed by atoms with Crippen molar-refractivity contribution in [3.8, 4) is 22.2 Å². The van der Waals surface area contributed by atoms with Gasteiger partial charge in [0.15, 0.2) is 11.5 Å². The van der Waals surface area contributed by atoms with Crippen molar-refractivity contribution < 1.29 is 27.2 Å². The quantitative estimate of drug-likeness (QED) is 0.525. The smallest absolute Gasteiger partial charge is 0.244 e. The van der Waals surface area contributed by atoms with Crippen LogP contribution < -0.4 is 14.8 Å². The van der Waals surface area contributed by atoms with Crippen molar-refractivity contribution in [2.75, 3.05) is 25.2 Å². The van der Waals surface area contributed by atoms with Crippen LogP contribution in [0.1, 0.15) is 42.4 Å². The molecule has 4 heterocycles. The third kappa shape index (κ3) is 4.30. The lowest BCUT2D eigenvalue weighted by atomic mass is 9.97. The van der Waals surface area contributed by atoms with Crippen LogP contribution in [0.25, 0.3) is 10.7 Å². The lowest BCUT2D eigenvalue weighted by Gasteiger charge is -2.30. The maximum atomic E-state index is 13.4. The first-order chi connectivity index (χ1) is 16.9. The number of rotatable bonds is 6. The molecule has 3 aliphatic rings. The number of hydrogen-bond donors (Lipinski definition) is 1. The Kier molecular flexibility index (Phi) is 5.53. The van der Waals surface area contributed by atoms with Gasteiger partial charge in [-0.15, -0.1) is 11.3 Å². The number of carbonyl (C=O) groups is 1. The first-order valence-electron chi connectivity index (χ1n) is 11.5. The third-order valence-corrected chi connectivity index (χ3v) is 9.74. The van der Waals surface area contributed by atoms with E-state index < -0.39 is 10.0 Å². The molecular weight excluding hydrogens is 492 g/mol. The van der Waals surface area contributed by atoms with E-state index in [1.165, 1.54) is 15.6 Å². The molecule has 2 aliphatic heterocycles. The number of ether oxygens (including phenoxy) is 2. The molecule has 1 amide bonds. The van der Waals surface area contributed by atoms with Gasteiger partial charge < -0.3 is 19.3 Å². The van der Waals surface area contributed by atoms with Crippen molar-refractivity contribution >= 4 is 33.0 Å². The highest BCUT2D eigenvalue weighted by molar-refractivity contribution is 7.89. The van der Waals surface area contributed by atoms with Crippen LogP contribution in [0.4, 0.5) is 5.69 Å². The van der Waals surface area contributed by atoms with E-state index in [2.05, 4.69) is 15.5 Å². The van der Waals surface area contributed by atoms with Gasteiger partial charge in [-0.1, -0.05) is 5.16 Å². The number of fused-ring (bicyclic) bond motifs is 1. The summed E-state index contributed by atoms with van der Waals surface area (Å²) in [6, 6.07) is 6.88. The summed E-state index contributed by atoms with van der Waals surface area (Å²) in [5.41, 5.74) is 0.627. The van der Waals surface area contributed by atoms with Crippen LogP contribution in [0, 0.1) is 12.8 Å². The molecule has 0 bridgehead atoms. The fourth-order valence-corrected chi connectivity index (χ4v) is 7.33. The molecule has 6 rings (SSSR count). The normalized spacial score (nSPS) is 18.7. The molecule has 35 heavy (non-hydrogen) atoms. The molecule has 1 aromatic carbocycles. The SMILES string of the molecule is Cc1sc(-c2noc(C3CC3)n2)cc1S(=O)(=O)N1CCC(C(=O)Nc2ccc3c(c2)OCO3)CC1. The minimum atomic E-state index is -3.70. The van der Waals surface area contributed by atoms with E-state index in [9.17, 15) is 13.2 Å². The van der Waals surface area contributed by atoms with Crippen LogP contribution in [0.5, 0.6) is 11.5 Å². The van der Waals surface area contributed by atoms with E-state index in [0.29, 0.717) is 57.4 Å². The summed E-state index contributed by atoms with van der Waals surface area (Å²) in [6.07, 6.45) is 2.99. The Bertz CT molecular complexity index is 1390. The average Bonchev–Trinajstić information content (AvgIpc) is 3.22. The Balaban J connectivity index is 1.11. The van der Waals surface area contributed by atoms with Gasteiger partial charge in [-0.05, 0) is 50.8 Å². The van der Waals surface area contributed by atoms with Crippen molar-refractivity contribution in [3.05, 3.63) is 35.0 Å². The Hall–Kier alpha value is -2.96. The number of benzene rings is 1. The van der Waals surface area contributed by atoms with Crippen molar-refractivity contribution in [2.45, 2.75) is 43.4 Å². The lowest BCUT2D eigenvalue weighted by molar-refractivity contribution is -0.120. The summed E-state index contributed by atoms with van der Waals surface area (Å²) >= 11 is 1.34. The van der Waals surface area contributed by atoms with Crippen LogP contribution in [0.15, 0.2) is 33.7 Å². The van der Waals surface area contributed by atoms with Crippen molar-refractivity contribution in [3.63, 3.8) is 0 Å². The number of nitrogens with one attached hydrogen (secondary N) is 1. The molecule has 10 nitrogen and oxygen atoms in total. The van der Waals surface area contributed by atoms with Gasteiger partial charge in [-0.3, -0.25) is 4.79 Å². The van der Waals surface area contributed by atoms with Crippen LogP contribution in [0.2, 0.25) is 0 Å². The summed E-state index contributed by atoms with van der Waals surface area (Å²) in [7, 11) is -3.70. The van der Waals surface area contributed by atoms with Crippen molar-refractivity contribution in [1.29, 1.82) is 0 Å². The molecule has 1 N–H and O–H groups in total. The van der Waals surface area contributed by atoms with Gasteiger partial charge in [0, 0.05) is 41.6 Å². The molecular formula is C23H24N4O6S2. The van der Waals surface area contributed by atoms with Gasteiger partial charge in [-0.2, -0.15) is 9.29 Å². The molecule has 2 aromatic heterocycles. The molecule has 0 spiro atoms. The molecule has 0 radical (unpaired) electrons. The molecule has 1 saturated heterocycles. The van der Waals surface area contributed by atoms with E-state index in [0.717, 1.165) is 12.8 Å². The standard InChI is InChI=1S/C23H24N4O6S2/c1-13-20(11-19(34-13)21-25-23(33-26-21)15-2-3-15)35(29,30)27-8-6-14(7-9-27)22(28)24-16-4-5-17-18(10-16)32-12-31-17/h4-5,10-11,14-15H,2-3,6-9,12H2,1H3,(H,24,28). The molecule has 12 heteroatoms. The van der Waals surface area contributed by atoms with Crippen molar-refractivity contribution in [1.82, 2.24) is 14.4 Å². The first-order valence-corrected chi connectivity index (χ1v) is 13.8. The van der Waals surface area contributed by atoms with E-state index >= 15 is 0 Å². The zero-order valence-corrected chi connectivity index (χ0v) is 20.7. The minimum absolute atomic E-state index is 0.126. The highest BCUT2D eigenvalue weighted by Gasteiger charge is 2.35. The van der Waals surface area contributed by atoms with Gasteiger partial charge in [0.25, 0.3) is 0 Å². The van der Waals surface area contributed by atoms with Crippen LogP contribution >= 0.6 is 11.3 Å². The fraction of sp³-hybridized carbons (Fsp3) is 0.435. The monoisotopic (exact) mass is 516 g/mol. The number of thiophene rings is 1. The van der Waals surface area contributed by atoms with Crippen LogP contribution in [-0.2, 0) is 14.8 Å². The number of carbonyl (C=O) groups excluding carboxylic acids is 1. The molecule has 2 fully saturated rings. The lowest BCUT2D eigenvalue weighted by Crippen LogP contribution is -2.41. The van der Waals surface area contributed by atoms with Gasteiger partial charge in [0.05, 0.1) is 9.77 Å². The number of sulfonamides is 1. The van der Waals surface area contributed by atoms with Crippen LogP contribution in [-0.4, -0.2) is 48.7 Å². The van der Waals surface area contributed by atoms with Crippen LogP contribution in [0.3, 0.4) is 0 Å². The fourth-order valence-electron chi connectivity index (χ4n) is 4.38. The highest BCUT2D eigenvalue weighted by atomic mass is 32.2. The topological polar surface area (TPSA) is 124 Å². The van der Waals surface area contributed by atoms with Crippen molar-refractivity contribution in [2.24, 2.45) is 5.92 Å². The number of aryl methyl sites for hydroxylation is 1. The zero-order valence-electron chi connectivity index (χ0n) is 19.0. The number of nitrogens with zero attached hydrogens (tertiary/aromatic N) is 3. The van der Waals surface area contributed by atoms with Gasteiger partial charge in [-0.25, -0.2) is 8.42 Å². The second-order valence-corrected chi connectivity index (χ2v) is 12.2. The highest BCUT2D eigenvalue weighted by Crippen LogP contribution is 2.41. The number of aromatic nitrogens is 2. The van der Waals surface area contributed by atoms with Gasteiger partial charge in [0.1, 0.15) is 0 Å². The third-order valence-electron chi connectivity index (χ3n) is 6.54. The Labute approximate surface area is 206 Å². The van der Waals surface area contributed by atoms with E-state index in [1.807, 2.05) is 0 Å². The van der Waals surface area contributed by atoms with E-state index in [4.69, 9.17) is 14.0 Å². The second kappa shape index (κ2) is 8.61. The Morgan fingerprint density at radius 3 is 2.66 bits per heavy atom. The molecule has 0 unspecified atom stereocenters.